The van der Waals surface area contributed by atoms with Crippen molar-refractivity contribution in [3.63, 3.8) is 0 Å². The van der Waals surface area contributed by atoms with Crippen molar-refractivity contribution < 1.29 is 27.8 Å². The number of halogens is 3. The van der Waals surface area contributed by atoms with Gasteiger partial charge in [0.15, 0.2) is 6.23 Å². The number of methoxy groups -OCH3 is 1. The third kappa shape index (κ3) is 3.74. The number of amides is 2. The van der Waals surface area contributed by atoms with Crippen LogP contribution in [0.2, 0.25) is 0 Å². The number of β-amino-alcohol motifs (C(OH)–C–C–N with tert-alkyl or cyclic N) is 1. The van der Waals surface area contributed by atoms with E-state index >= 15 is 0 Å². The Morgan fingerprint density at radius 3 is 2.67 bits per heavy atom. The number of carbonyl (C=O) groups is 1. The van der Waals surface area contributed by atoms with E-state index in [1.54, 1.807) is 24.3 Å². The summed E-state index contributed by atoms with van der Waals surface area (Å²) in [7, 11) is 2.95. The van der Waals surface area contributed by atoms with Gasteiger partial charge >= 0.3 is 12.2 Å². The molecule has 0 bridgehead atoms. The Morgan fingerprint density at radius 1 is 1.33 bits per heavy atom. The van der Waals surface area contributed by atoms with E-state index in [1.165, 1.54) is 19.1 Å². The first-order chi connectivity index (χ1) is 12.7. The second-order valence-corrected chi connectivity index (χ2v) is 6.23. The standard InChI is InChI=1S/C18H18F3N3O3/c1-23-9-16(25)24(17(23)26)15-7-14(18(19,20)21)13(8-22-15)12-5-3-4-11(6-12)10-27-2/h3-8,16,25H,9-10H2,1-2H3. The highest BCUT2D eigenvalue weighted by Crippen LogP contribution is 2.39. The van der Waals surface area contributed by atoms with E-state index in [9.17, 15) is 23.1 Å². The van der Waals surface area contributed by atoms with Crippen molar-refractivity contribution in [1.29, 1.82) is 0 Å². The Morgan fingerprint density at radius 2 is 2.07 bits per heavy atom. The summed E-state index contributed by atoms with van der Waals surface area (Å²) in [6, 6.07) is 6.71. The quantitative estimate of drug-likeness (QED) is 0.884. The molecule has 3 rings (SSSR count). The van der Waals surface area contributed by atoms with Crippen LogP contribution in [0.3, 0.4) is 0 Å². The maximum Gasteiger partial charge on any atom is 0.417 e. The van der Waals surface area contributed by atoms with Crippen molar-refractivity contribution in [1.82, 2.24) is 9.88 Å². The van der Waals surface area contributed by atoms with Gasteiger partial charge in [0.05, 0.1) is 18.7 Å². The molecule has 2 heterocycles. The highest BCUT2D eigenvalue weighted by molar-refractivity contribution is 5.93. The Hall–Kier alpha value is -2.65. The molecular formula is C18H18F3N3O3. The van der Waals surface area contributed by atoms with Gasteiger partial charge in [-0.1, -0.05) is 18.2 Å². The Labute approximate surface area is 153 Å². The Balaban J connectivity index is 2.09. The van der Waals surface area contributed by atoms with Crippen molar-refractivity contribution in [2.24, 2.45) is 0 Å². The summed E-state index contributed by atoms with van der Waals surface area (Å²) in [6.45, 7) is 0.254. The summed E-state index contributed by atoms with van der Waals surface area (Å²) in [4.78, 5) is 18.2. The van der Waals surface area contributed by atoms with E-state index in [1.807, 2.05) is 0 Å². The first kappa shape index (κ1) is 19.1. The second kappa shape index (κ2) is 7.16. The van der Waals surface area contributed by atoms with Crippen LogP contribution in [0, 0.1) is 0 Å². The molecule has 1 aliphatic rings. The smallest absolute Gasteiger partial charge is 0.380 e. The summed E-state index contributed by atoms with van der Waals surface area (Å²) < 4.78 is 46.1. The molecule has 2 amide bonds. The molecule has 0 saturated carbocycles. The SMILES string of the molecule is COCc1cccc(-c2cnc(N3C(=O)N(C)CC3O)cc2C(F)(F)F)c1. The average molecular weight is 381 g/mol. The van der Waals surface area contributed by atoms with E-state index < -0.39 is 24.0 Å². The van der Waals surface area contributed by atoms with Gasteiger partial charge in [-0.3, -0.25) is 0 Å². The van der Waals surface area contributed by atoms with E-state index in [2.05, 4.69) is 4.98 Å². The fourth-order valence-electron chi connectivity index (χ4n) is 3.00. The Kier molecular flexibility index (Phi) is 5.07. The number of pyridine rings is 1. The molecule has 1 aromatic carbocycles. The molecule has 9 heteroatoms. The summed E-state index contributed by atoms with van der Waals surface area (Å²) in [5.74, 6) is -0.249. The molecule has 0 aliphatic carbocycles. The lowest BCUT2D eigenvalue weighted by Crippen LogP contribution is -2.35. The van der Waals surface area contributed by atoms with E-state index in [4.69, 9.17) is 4.74 Å². The van der Waals surface area contributed by atoms with Gasteiger partial charge in [0.2, 0.25) is 0 Å². The van der Waals surface area contributed by atoms with Gasteiger partial charge in [0, 0.05) is 25.9 Å². The van der Waals surface area contributed by atoms with Crippen LogP contribution in [0.4, 0.5) is 23.8 Å². The first-order valence-electron chi connectivity index (χ1n) is 8.10. The topological polar surface area (TPSA) is 65.9 Å². The molecule has 6 nitrogen and oxygen atoms in total. The number of urea groups is 1. The number of aromatic nitrogens is 1. The molecule has 1 atom stereocenters. The number of aliphatic hydroxyl groups is 1. The van der Waals surface area contributed by atoms with Crippen molar-refractivity contribution in [2.75, 3.05) is 25.6 Å². The maximum atomic E-state index is 13.7. The monoisotopic (exact) mass is 381 g/mol. The van der Waals surface area contributed by atoms with Crippen molar-refractivity contribution in [3.05, 3.63) is 47.7 Å². The molecule has 2 aromatic rings. The van der Waals surface area contributed by atoms with Crippen LogP contribution in [0.15, 0.2) is 36.5 Å². The van der Waals surface area contributed by atoms with Gasteiger partial charge in [-0.25, -0.2) is 14.7 Å². The number of hydrogen-bond donors (Lipinski definition) is 1. The zero-order valence-corrected chi connectivity index (χ0v) is 14.7. The minimum Gasteiger partial charge on any atom is -0.380 e. The molecule has 1 fully saturated rings. The zero-order chi connectivity index (χ0) is 19.8. The van der Waals surface area contributed by atoms with Crippen LogP contribution >= 0.6 is 0 Å². The number of anilines is 1. The van der Waals surface area contributed by atoms with Crippen LogP contribution < -0.4 is 4.90 Å². The van der Waals surface area contributed by atoms with Crippen LogP contribution in [-0.2, 0) is 17.5 Å². The average Bonchev–Trinajstić information content (AvgIpc) is 2.86. The fourth-order valence-corrected chi connectivity index (χ4v) is 3.00. The van der Waals surface area contributed by atoms with Gasteiger partial charge in [-0.15, -0.1) is 0 Å². The number of hydrogen-bond acceptors (Lipinski definition) is 4. The van der Waals surface area contributed by atoms with Crippen molar-refractivity contribution in [3.8, 4) is 11.1 Å². The van der Waals surface area contributed by atoms with Gasteiger partial charge < -0.3 is 14.7 Å². The van der Waals surface area contributed by atoms with Gasteiger partial charge in [0.1, 0.15) is 5.82 Å². The predicted molar refractivity (Wildman–Crippen MR) is 91.9 cm³/mol. The Bertz CT molecular complexity index is 857. The van der Waals surface area contributed by atoms with Gasteiger partial charge in [-0.2, -0.15) is 13.2 Å². The van der Waals surface area contributed by atoms with Gasteiger partial charge in [-0.05, 0) is 23.3 Å². The molecule has 27 heavy (non-hydrogen) atoms. The van der Waals surface area contributed by atoms with Crippen LogP contribution in [-0.4, -0.2) is 48.0 Å². The number of carbonyl (C=O) groups excluding carboxylic acids is 1. The normalized spacial score (nSPS) is 17.7. The predicted octanol–water partition coefficient (Wildman–Crippen LogP) is 3.10. The zero-order valence-electron chi connectivity index (χ0n) is 14.7. The second-order valence-electron chi connectivity index (χ2n) is 6.23. The van der Waals surface area contributed by atoms with E-state index in [-0.39, 0.29) is 24.5 Å². The third-order valence-electron chi connectivity index (χ3n) is 4.26. The highest BCUT2D eigenvalue weighted by atomic mass is 19.4. The van der Waals surface area contributed by atoms with E-state index in [0.717, 1.165) is 22.7 Å². The van der Waals surface area contributed by atoms with Crippen LogP contribution in [0.25, 0.3) is 11.1 Å². The molecule has 1 saturated heterocycles. The fraction of sp³-hybridized carbons (Fsp3) is 0.333. The largest absolute Gasteiger partial charge is 0.417 e. The summed E-state index contributed by atoms with van der Waals surface area (Å²) in [5, 5.41) is 9.99. The summed E-state index contributed by atoms with van der Waals surface area (Å²) in [6.07, 6.45) is -4.85. The molecule has 0 radical (unpaired) electrons. The van der Waals surface area contributed by atoms with E-state index in [0.29, 0.717) is 5.56 Å². The molecular weight excluding hydrogens is 363 g/mol. The molecule has 1 aromatic heterocycles. The number of nitrogens with zero attached hydrogens (tertiary/aromatic N) is 3. The van der Waals surface area contributed by atoms with Crippen LogP contribution in [0.1, 0.15) is 11.1 Å². The molecule has 1 unspecified atom stereocenters. The summed E-state index contributed by atoms with van der Waals surface area (Å²) >= 11 is 0. The summed E-state index contributed by atoms with van der Waals surface area (Å²) in [5.41, 5.74) is 0.00984. The maximum absolute atomic E-state index is 13.7. The molecule has 1 N–H and O–H groups in total. The highest BCUT2D eigenvalue weighted by Gasteiger charge is 2.39. The number of rotatable bonds is 4. The van der Waals surface area contributed by atoms with Gasteiger partial charge in [0.25, 0.3) is 0 Å². The third-order valence-corrected chi connectivity index (χ3v) is 4.26. The number of benzene rings is 1. The number of aliphatic hydroxyl groups excluding tert-OH is 1. The minimum absolute atomic E-state index is 0.0112. The molecule has 144 valence electrons. The lowest BCUT2D eigenvalue weighted by Gasteiger charge is -2.21. The minimum atomic E-state index is -4.66. The lowest BCUT2D eigenvalue weighted by atomic mass is 9.99. The number of alkyl halides is 3. The van der Waals surface area contributed by atoms with Crippen molar-refractivity contribution >= 4 is 11.8 Å². The number of likely N-dealkylation sites (N-methyl/N-ethyl adjacent to an activating group) is 1. The molecule has 1 aliphatic heterocycles. The number of ether oxygens (including phenoxy) is 1. The lowest BCUT2D eigenvalue weighted by molar-refractivity contribution is -0.137. The first-order valence-corrected chi connectivity index (χ1v) is 8.10. The van der Waals surface area contributed by atoms with Crippen LogP contribution in [0.5, 0.6) is 0 Å². The van der Waals surface area contributed by atoms with Crippen molar-refractivity contribution in [2.45, 2.75) is 19.0 Å². The molecule has 0 spiro atoms.